The van der Waals surface area contributed by atoms with Crippen molar-refractivity contribution < 1.29 is 9.59 Å². The van der Waals surface area contributed by atoms with E-state index in [4.69, 9.17) is 4.98 Å². The molecule has 4 heterocycles. The number of hydrogen-bond donors (Lipinski definition) is 2. The molecule has 2 bridgehead atoms. The molecular weight excluding hydrogens is 366 g/mol. The molecule has 0 saturated carbocycles. The fourth-order valence-electron chi connectivity index (χ4n) is 4.77. The fraction of sp³-hybridized carbons (Fsp3) is 0.455. The second-order valence-corrected chi connectivity index (χ2v) is 8.08. The van der Waals surface area contributed by atoms with Crippen LogP contribution in [-0.2, 0) is 24.1 Å². The molecule has 2 aromatic rings. The SMILES string of the molecule is O=C1C[C@H]2CC[C@@H](CN1)N2c1nc(CCc2ccccc2)nc2c1CCNC2=O. The summed E-state index contributed by atoms with van der Waals surface area (Å²) in [5.74, 6) is 1.55. The van der Waals surface area contributed by atoms with Crippen LogP contribution < -0.4 is 15.5 Å². The largest absolute Gasteiger partial charge is 0.354 e. The first-order chi connectivity index (χ1) is 14.2. The summed E-state index contributed by atoms with van der Waals surface area (Å²) in [4.78, 5) is 36.6. The summed E-state index contributed by atoms with van der Waals surface area (Å²) in [7, 11) is 0. The van der Waals surface area contributed by atoms with Crippen molar-refractivity contribution in [3.8, 4) is 0 Å². The molecule has 0 aliphatic carbocycles. The minimum atomic E-state index is -0.118. The highest BCUT2D eigenvalue weighted by atomic mass is 16.2. The zero-order chi connectivity index (χ0) is 19.8. The summed E-state index contributed by atoms with van der Waals surface area (Å²) in [6, 6.07) is 10.6. The summed E-state index contributed by atoms with van der Waals surface area (Å²) in [6.45, 7) is 1.24. The minimum absolute atomic E-state index is 0.104. The third-order valence-electron chi connectivity index (χ3n) is 6.21. The van der Waals surface area contributed by atoms with Crippen LogP contribution in [0.25, 0.3) is 0 Å². The first-order valence-corrected chi connectivity index (χ1v) is 10.5. The van der Waals surface area contributed by atoms with Gasteiger partial charge in [0.2, 0.25) is 5.91 Å². The topological polar surface area (TPSA) is 87.2 Å². The Bertz CT molecular complexity index is 946. The Morgan fingerprint density at radius 2 is 1.83 bits per heavy atom. The normalized spacial score (nSPS) is 23.2. The molecule has 7 heteroatoms. The van der Waals surface area contributed by atoms with E-state index < -0.39 is 0 Å². The summed E-state index contributed by atoms with van der Waals surface area (Å²) in [5, 5.41) is 5.94. The number of carbonyl (C=O) groups excluding carboxylic acids is 2. The van der Waals surface area contributed by atoms with Crippen LogP contribution in [0.2, 0.25) is 0 Å². The maximum absolute atomic E-state index is 12.6. The van der Waals surface area contributed by atoms with Gasteiger partial charge in [-0.05, 0) is 31.2 Å². The van der Waals surface area contributed by atoms with E-state index in [0.29, 0.717) is 37.4 Å². The van der Waals surface area contributed by atoms with E-state index in [-0.39, 0.29) is 23.9 Å². The highest BCUT2D eigenvalue weighted by Gasteiger charge is 2.40. The second-order valence-electron chi connectivity index (χ2n) is 8.08. The molecule has 0 radical (unpaired) electrons. The van der Waals surface area contributed by atoms with Crippen molar-refractivity contribution in [2.24, 2.45) is 0 Å². The van der Waals surface area contributed by atoms with E-state index in [0.717, 1.165) is 37.1 Å². The van der Waals surface area contributed by atoms with E-state index >= 15 is 0 Å². The second kappa shape index (κ2) is 7.46. The van der Waals surface area contributed by atoms with Crippen molar-refractivity contribution in [2.75, 3.05) is 18.0 Å². The van der Waals surface area contributed by atoms with Crippen LogP contribution >= 0.6 is 0 Å². The summed E-state index contributed by atoms with van der Waals surface area (Å²) in [6.07, 6.45) is 4.75. The van der Waals surface area contributed by atoms with Gasteiger partial charge in [-0.2, -0.15) is 0 Å². The lowest BCUT2D eigenvalue weighted by Crippen LogP contribution is -2.42. The number of fused-ring (bicyclic) bond motifs is 3. The molecule has 1 aromatic carbocycles. The van der Waals surface area contributed by atoms with Gasteiger partial charge in [-0.1, -0.05) is 30.3 Å². The van der Waals surface area contributed by atoms with E-state index in [1.807, 2.05) is 18.2 Å². The van der Waals surface area contributed by atoms with Crippen LogP contribution in [0.4, 0.5) is 5.82 Å². The lowest BCUT2D eigenvalue weighted by molar-refractivity contribution is -0.121. The smallest absolute Gasteiger partial charge is 0.270 e. The number of anilines is 1. The summed E-state index contributed by atoms with van der Waals surface area (Å²) >= 11 is 0. The van der Waals surface area contributed by atoms with Gasteiger partial charge in [0.1, 0.15) is 17.3 Å². The van der Waals surface area contributed by atoms with Crippen molar-refractivity contribution in [1.82, 2.24) is 20.6 Å². The predicted octanol–water partition coefficient (Wildman–Crippen LogP) is 1.40. The quantitative estimate of drug-likeness (QED) is 0.823. The number of carbonyl (C=O) groups is 2. The number of aryl methyl sites for hydroxylation is 2. The molecule has 2 N–H and O–H groups in total. The van der Waals surface area contributed by atoms with Gasteiger partial charge < -0.3 is 15.5 Å². The molecule has 2 atom stereocenters. The number of nitrogens with zero attached hydrogens (tertiary/aromatic N) is 3. The van der Waals surface area contributed by atoms with Gasteiger partial charge in [-0.15, -0.1) is 0 Å². The molecule has 3 aliphatic rings. The Labute approximate surface area is 169 Å². The third kappa shape index (κ3) is 3.45. The zero-order valence-electron chi connectivity index (χ0n) is 16.4. The van der Waals surface area contributed by atoms with Crippen LogP contribution in [0.3, 0.4) is 0 Å². The summed E-state index contributed by atoms with van der Waals surface area (Å²) in [5.41, 5.74) is 2.67. The Kier molecular flexibility index (Phi) is 4.66. The minimum Gasteiger partial charge on any atom is -0.354 e. The molecule has 1 aromatic heterocycles. The monoisotopic (exact) mass is 391 g/mol. The van der Waals surface area contributed by atoms with Crippen LogP contribution in [0.1, 0.15) is 46.7 Å². The number of hydrogen-bond acceptors (Lipinski definition) is 5. The lowest BCUT2D eigenvalue weighted by Gasteiger charge is -2.32. The molecule has 150 valence electrons. The summed E-state index contributed by atoms with van der Waals surface area (Å²) < 4.78 is 0. The molecule has 7 nitrogen and oxygen atoms in total. The predicted molar refractivity (Wildman–Crippen MR) is 109 cm³/mol. The highest BCUT2D eigenvalue weighted by molar-refractivity contribution is 5.96. The van der Waals surface area contributed by atoms with Crippen LogP contribution in [-0.4, -0.2) is 47.0 Å². The van der Waals surface area contributed by atoms with Crippen molar-refractivity contribution in [2.45, 2.75) is 50.6 Å². The van der Waals surface area contributed by atoms with Gasteiger partial charge in [0.05, 0.1) is 0 Å². The molecular formula is C22H25N5O2. The van der Waals surface area contributed by atoms with Gasteiger partial charge in [0.25, 0.3) is 5.91 Å². The Morgan fingerprint density at radius 1 is 1.00 bits per heavy atom. The van der Waals surface area contributed by atoms with Crippen molar-refractivity contribution in [1.29, 1.82) is 0 Å². The van der Waals surface area contributed by atoms with Crippen LogP contribution in [0.5, 0.6) is 0 Å². The van der Waals surface area contributed by atoms with Gasteiger partial charge >= 0.3 is 0 Å². The van der Waals surface area contributed by atoms with Crippen molar-refractivity contribution in [3.05, 3.63) is 53.0 Å². The van der Waals surface area contributed by atoms with Crippen molar-refractivity contribution in [3.63, 3.8) is 0 Å². The van der Waals surface area contributed by atoms with Crippen LogP contribution in [0, 0.1) is 0 Å². The average Bonchev–Trinajstić information content (AvgIpc) is 3.05. The molecule has 2 saturated heterocycles. The Balaban J connectivity index is 1.52. The first kappa shape index (κ1) is 18.1. The Morgan fingerprint density at radius 3 is 2.69 bits per heavy atom. The molecule has 3 aliphatic heterocycles. The van der Waals surface area contributed by atoms with Crippen LogP contribution in [0.15, 0.2) is 30.3 Å². The van der Waals surface area contributed by atoms with E-state index in [2.05, 4.69) is 32.7 Å². The average molecular weight is 391 g/mol. The van der Waals surface area contributed by atoms with E-state index in [1.54, 1.807) is 0 Å². The third-order valence-corrected chi connectivity index (χ3v) is 6.21. The lowest BCUT2D eigenvalue weighted by atomic mass is 10.0. The molecule has 29 heavy (non-hydrogen) atoms. The highest BCUT2D eigenvalue weighted by Crippen LogP contribution is 2.36. The van der Waals surface area contributed by atoms with Gasteiger partial charge in [-0.25, -0.2) is 9.97 Å². The molecule has 2 amide bonds. The van der Waals surface area contributed by atoms with E-state index in [9.17, 15) is 9.59 Å². The molecule has 2 fully saturated rings. The number of rotatable bonds is 4. The molecule has 5 rings (SSSR count). The van der Waals surface area contributed by atoms with Gasteiger partial charge in [-0.3, -0.25) is 9.59 Å². The zero-order valence-corrected chi connectivity index (χ0v) is 16.4. The first-order valence-electron chi connectivity index (χ1n) is 10.5. The van der Waals surface area contributed by atoms with Gasteiger partial charge in [0, 0.05) is 43.6 Å². The Hall–Kier alpha value is -2.96. The number of benzene rings is 1. The molecule has 0 spiro atoms. The fourth-order valence-corrected chi connectivity index (χ4v) is 4.77. The van der Waals surface area contributed by atoms with E-state index in [1.165, 1.54) is 5.56 Å². The number of aromatic nitrogens is 2. The maximum atomic E-state index is 12.6. The maximum Gasteiger partial charge on any atom is 0.270 e. The standard InChI is InChI=1S/C22H25N5O2/c28-19-12-15-7-8-16(13-24-19)27(15)21-17-10-11-23-22(29)20(17)25-18(26-21)9-6-14-4-2-1-3-5-14/h1-5,15-16H,6-13H2,(H,23,29)(H,24,28)/t15-,16+/m1/s1. The number of nitrogens with one attached hydrogen (secondary N) is 2. The number of amides is 2. The van der Waals surface area contributed by atoms with Gasteiger partial charge in [0.15, 0.2) is 0 Å². The molecule has 0 unspecified atom stereocenters. The van der Waals surface area contributed by atoms with Crippen molar-refractivity contribution >= 4 is 17.6 Å².